The first-order chi connectivity index (χ1) is 7.85. The van der Waals surface area contributed by atoms with Crippen LogP contribution in [0.5, 0.6) is 0 Å². The largest absolute Gasteiger partial charge is 0.480 e. The van der Waals surface area contributed by atoms with E-state index in [0.29, 0.717) is 12.8 Å². The molecular formula is C12H24N2O3. The Bertz CT molecular complexity index is 264. The number of amides is 1. The van der Waals surface area contributed by atoms with Crippen molar-refractivity contribution in [1.29, 1.82) is 0 Å². The third-order valence-corrected chi connectivity index (χ3v) is 2.74. The Balaban J connectivity index is 4.44. The summed E-state index contributed by atoms with van der Waals surface area (Å²) in [5.74, 6) is -1.39. The van der Waals surface area contributed by atoms with Gasteiger partial charge in [-0.05, 0) is 19.8 Å². The molecule has 0 radical (unpaired) electrons. The van der Waals surface area contributed by atoms with Crippen LogP contribution in [-0.4, -0.2) is 28.6 Å². The molecule has 2 unspecified atom stereocenters. The molecule has 17 heavy (non-hydrogen) atoms. The maximum Gasteiger partial charge on any atom is 0.326 e. The van der Waals surface area contributed by atoms with Crippen molar-refractivity contribution in [3.05, 3.63) is 0 Å². The first kappa shape index (κ1) is 15.9. The summed E-state index contributed by atoms with van der Waals surface area (Å²) in [5.41, 5.74) is 4.85. The average Bonchev–Trinajstić information content (AvgIpc) is 2.23. The van der Waals surface area contributed by atoms with Crippen molar-refractivity contribution < 1.29 is 14.7 Å². The van der Waals surface area contributed by atoms with E-state index in [1.807, 2.05) is 13.8 Å². The minimum atomic E-state index is -1.00. The number of nitrogens with one attached hydrogen (secondary N) is 1. The molecule has 2 atom stereocenters. The van der Waals surface area contributed by atoms with Crippen LogP contribution < -0.4 is 11.1 Å². The van der Waals surface area contributed by atoms with Gasteiger partial charge in [0, 0.05) is 0 Å². The van der Waals surface area contributed by atoms with E-state index in [0.717, 1.165) is 19.3 Å². The summed E-state index contributed by atoms with van der Waals surface area (Å²) >= 11 is 0. The van der Waals surface area contributed by atoms with Gasteiger partial charge in [0.1, 0.15) is 6.04 Å². The topological polar surface area (TPSA) is 92.4 Å². The summed E-state index contributed by atoms with van der Waals surface area (Å²) in [5, 5.41) is 11.5. The van der Waals surface area contributed by atoms with Crippen molar-refractivity contribution in [2.24, 2.45) is 5.73 Å². The molecule has 0 aromatic rings. The van der Waals surface area contributed by atoms with Crippen molar-refractivity contribution in [3.63, 3.8) is 0 Å². The molecule has 0 saturated heterocycles. The minimum absolute atomic E-state index is 0.386. The Labute approximate surface area is 103 Å². The van der Waals surface area contributed by atoms with Gasteiger partial charge in [-0.1, -0.05) is 33.1 Å². The molecule has 0 rings (SSSR count). The fourth-order valence-corrected chi connectivity index (χ4v) is 1.62. The van der Waals surface area contributed by atoms with Gasteiger partial charge in [-0.25, -0.2) is 4.79 Å². The lowest BCUT2D eigenvalue weighted by Gasteiger charge is -2.25. The van der Waals surface area contributed by atoms with Crippen molar-refractivity contribution in [2.45, 2.75) is 64.5 Å². The SMILES string of the molecule is CCCCC(NC(=O)C(C)(N)CCC)C(=O)O. The number of carbonyl (C=O) groups excluding carboxylic acids is 1. The van der Waals surface area contributed by atoms with Gasteiger partial charge in [-0.3, -0.25) is 4.79 Å². The molecule has 5 nitrogen and oxygen atoms in total. The van der Waals surface area contributed by atoms with Crippen molar-refractivity contribution in [3.8, 4) is 0 Å². The maximum atomic E-state index is 11.8. The normalized spacial score (nSPS) is 16.0. The predicted octanol–water partition coefficient (Wildman–Crippen LogP) is 1.26. The van der Waals surface area contributed by atoms with Gasteiger partial charge in [0.2, 0.25) is 5.91 Å². The summed E-state index contributed by atoms with van der Waals surface area (Å²) < 4.78 is 0. The number of aliphatic carboxylic acids is 1. The first-order valence-electron chi connectivity index (χ1n) is 6.17. The van der Waals surface area contributed by atoms with Crippen LogP contribution in [0.3, 0.4) is 0 Å². The Kier molecular flexibility index (Phi) is 6.80. The molecule has 0 aliphatic carbocycles. The fourth-order valence-electron chi connectivity index (χ4n) is 1.62. The van der Waals surface area contributed by atoms with Gasteiger partial charge < -0.3 is 16.2 Å². The highest BCUT2D eigenvalue weighted by Crippen LogP contribution is 2.10. The molecule has 5 heteroatoms. The van der Waals surface area contributed by atoms with E-state index in [-0.39, 0.29) is 5.91 Å². The zero-order valence-electron chi connectivity index (χ0n) is 11.0. The lowest BCUT2D eigenvalue weighted by Crippen LogP contribution is -2.55. The highest BCUT2D eigenvalue weighted by Gasteiger charge is 2.30. The second-order valence-electron chi connectivity index (χ2n) is 4.67. The van der Waals surface area contributed by atoms with E-state index in [1.165, 1.54) is 0 Å². The third kappa shape index (κ3) is 5.68. The summed E-state index contributed by atoms with van der Waals surface area (Å²) in [4.78, 5) is 22.8. The number of carbonyl (C=O) groups is 2. The maximum absolute atomic E-state index is 11.8. The van der Waals surface area contributed by atoms with Crippen molar-refractivity contribution in [2.75, 3.05) is 0 Å². The highest BCUT2D eigenvalue weighted by molar-refractivity contribution is 5.89. The van der Waals surface area contributed by atoms with Gasteiger partial charge in [0.05, 0.1) is 5.54 Å². The monoisotopic (exact) mass is 244 g/mol. The summed E-state index contributed by atoms with van der Waals surface area (Å²) in [6.07, 6.45) is 3.44. The number of unbranched alkanes of at least 4 members (excludes halogenated alkanes) is 1. The van der Waals surface area contributed by atoms with Gasteiger partial charge in [-0.2, -0.15) is 0 Å². The smallest absolute Gasteiger partial charge is 0.326 e. The average molecular weight is 244 g/mol. The van der Waals surface area contributed by atoms with Crippen molar-refractivity contribution >= 4 is 11.9 Å². The molecular weight excluding hydrogens is 220 g/mol. The number of nitrogens with two attached hydrogens (primary N) is 1. The molecule has 1 amide bonds. The van der Waals surface area contributed by atoms with Crippen molar-refractivity contribution in [1.82, 2.24) is 5.32 Å². The molecule has 0 aliphatic rings. The number of carboxylic acid groups (broad SMARTS) is 1. The molecule has 0 spiro atoms. The number of carboxylic acids is 1. The molecule has 4 N–H and O–H groups in total. The Morgan fingerprint density at radius 3 is 2.35 bits per heavy atom. The highest BCUT2D eigenvalue weighted by atomic mass is 16.4. The molecule has 0 heterocycles. The Morgan fingerprint density at radius 2 is 1.94 bits per heavy atom. The van der Waals surface area contributed by atoms with Gasteiger partial charge in [0.15, 0.2) is 0 Å². The number of hydrogen-bond donors (Lipinski definition) is 3. The van der Waals surface area contributed by atoms with E-state index >= 15 is 0 Å². The molecule has 0 aliphatic heterocycles. The summed E-state index contributed by atoms with van der Waals surface area (Å²) in [6, 6.07) is -0.831. The van der Waals surface area contributed by atoms with Crippen LogP contribution in [0, 0.1) is 0 Å². The van der Waals surface area contributed by atoms with E-state index in [9.17, 15) is 9.59 Å². The second kappa shape index (κ2) is 7.27. The fraction of sp³-hybridized carbons (Fsp3) is 0.833. The Morgan fingerprint density at radius 1 is 1.35 bits per heavy atom. The van der Waals surface area contributed by atoms with E-state index in [4.69, 9.17) is 10.8 Å². The molecule has 0 saturated carbocycles. The van der Waals surface area contributed by atoms with Gasteiger partial charge in [-0.15, -0.1) is 0 Å². The summed E-state index contributed by atoms with van der Waals surface area (Å²) in [6.45, 7) is 5.54. The van der Waals surface area contributed by atoms with Crippen LogP contribution in [0.15, 0.2) is 0 Å². The molecule has 0 fully saturated rings. The zero-order valence-corrected chi connectivity index (χ0v) is 11.0. The first-order valence-corrected chi connectivity index (χ1v) is 6.17. The third-order valence-electron chi connectivity index (χ3n) is 2.74. The van der Waals surface area contributed by atoms with Crippen LogP contribution >= 0.6 is 0 Å². The minimum Gasteiger partial charge on any atom is -0.480 e. The van der Waals surface area contributed by atoms with E-state index in [1.54, 1.807) is 6.92 Å². The summed E-state index contributed by atoms with van der Waals surface area (Å²) in [7, 11) is 0. The second-order valence-corrected chi connectivity index (χ2v) is 4.67. The van der Waals surface area contributed by atoms with Gasteiger partial charge in [0.25, 0.3) is 0 Å². The van der Waals surface area contributed by atoms with Crippen LogP contribution in [0.2, 0.25) is 0 Å². The van der Waals surface area contributed by atoms with Crippen LogP contribution in [0.4, 0.5) is 0 Å². The standard InChI is InChI=1S/C12H24N2O3/c1-4-6-7-9(10(15)16)14-11(17)12(3,13)8-5-2/h9H,4-8,13H2,1-3H3,(H,14,17)(H,15,16). The number of hydrogen-bond acceptors (Lipinski definition) is 3. The van der Waals surface area contributed by atoms with E-state index < -0.39 is 17.6 Å². The van der Waals surface area contributed by atoms with Crippen LogP contribution in [0.1, 0.15) is 52.9 Å². The number of rotatable bonds is 8. The van der Waals surface area contributed by atoms with Crippen LogP contribution in [0.25, 0.3) is 0 Å². The lowest BCUT2D eigenvalue weighted by molar-refractivity contribution is -0.142. The zero-order chi connectivity index (χ0) is 13.5. The van der Waals surface area contributed by atoms with Crippen LogP contribution in [-0.2, 0) is 9.59 Å². The lowest BCUT2D eigenvalue weighted by atomic mass is 9.95. The molecule has 0 aromatic carbocycles. The molecule has 0 aromatic heterocycles. The van der Waals surface area contributed by atoms with E-state index in [2.05, 4.69) is 5.32 Å². The molecule has 100 valence electrons. The van der Waals surface area contributed by atoms with Gasteiger partial charge >= 0.3 is 5.97 Å². The quantitative estimate of drug-likeness (QED) is 0.599. The predicted molar refractivity (Wildman–Crippen MR) is 66.6 cm³/mol. The molecule has 0 bridgehead atoms. The Hall–Kier alpha value is -1.10.